The molecule has 1 saturated heterocycles. The zero-order chi connectivity index (χ0) is 13.8. The highest BCUT2D eigenvalue weighted by molar-refractivity contribution is 7.09. The summed E-state index contributed by atoms with van der Waals surface area (Å²) < 4.78 is 0. The lowest BCUT2D eigenvalue weighted by Crippen LogP contribution is -2.38. The van der Waals surface area contributed by atoms with Crippen molar-refractivity contribution in [2.75, 3.05) is 13.1 Å². The van der Waals surface area contributed by atoms with Crippen molar-refractivity contribution >= 4 is 11.3 Å². The Labute approximate surface area is 121 Å². The lowest BCUT2D eigenvalue weighted by molar-refractivity contribution is 0.149. The summed E-state index contributed by atoms with van der Waals surface area (Å²) in [6.07, 6.45) is 4.71. The van der Waals surface area contributed by atoms with E-state index in [0.717, 1.165) is 18.8 Å². The minimum absolute atomic E-state index is 0.212. The van der Waals surface area contributed by atoms with Gasteiger partial charge in [-0.2, -0.15) is 0 Å². The predicted molar refractivity (Wildman–Crippen MR) is 82.6 cm³/mol. The fourth-order valence-corrected chi connectivity index (χ4v) is 3.71. The number of nitrogens with zero attached hydrogens (tertiary/aromatic N) is 2. The molecule has 0 saturated carbocycles. The topological polar surface area (TPSA) is 42.1 Å². The van der Waals surface area contributed by atoms with Crippen LogP contribution in [0.5, 0.6) is 0 Å². The van der Waals surface area contributed by atoms with Crippen LogP contribution in [-0.4, -0.2) is 35.1 Å². The Balaban J connectivity index is 1.80. The summed E-state index contributed by atoms with van der Waals surface area (Å²) in [6.45, 7) is 9.13. The lowest BCUT2D eigenvalue weighted by atomic mass is 9.93. The normalized spacial score (nSPS) is 20.1. The minimum Gasteiger partial charge on any atom is -0.328 e. The van der Waals surface area contributed by atoms with Crippen LogP contribution in [-0.2, 0) is 12.8 Å². The van der Waals surface area contributed by atoms with E-state index >= 15 is 0 Å². The largest absolute Gasteiger partial charge is 0.328 e. The van der Waals surface area contributed by atoms with E-state index in [1.165, 1.54) is 36.6 Å². The van der Waals surface area contributed by atoms with Crippen LogP contribution in [0, 0.1) is 5.92 Å². The molecule has 108 valence electrons. The van der Waals surface area contributed by atoms with E-state index < -0.39 is 0 Å². The van der Waals surface area contributed by atoms with E-state index in [4.69, 9.17) is 10.7 Å². The van der Waals surface area contributed by atoms with Crippen molar-refractivity contribution in [3.05, 3.63) is 16.1 Å². The molecule has 0 radical (unpaired) electrons. The molecule has 0 amide bonds. The molecule has 2 heterocycles. The number of piperidine rings is 1. The molecule has 1 unspecified atom stereocenters. The van der Waals surface area contributed by atoms with E-state index in [0.29, 0.717) is 6.04 Å². The zero-order valence-electron chi connectivity index (χ0n) is 12.4. The van der Waals surface area contributed by atoms with Gasteiger partial charge in [0.05, 0.1) is 10.7 Å². The molecule has 0 aromatic carbocycles. The third-order valence-electron chi connectivity index (χ3n) is 3.97. The van der Waals surface area contributed by atoms with E-state index in [1.54, 1.807) is 0 Å². The molecule has 0 spiro atoms. The van der Waals surface area contributed by atoms with Gasteiger partial charge in [-0.05, 0) is 52.6 Å². The Morgan fingerprint density at radius 2 is 2.05 bits per heavy atom. The third-order valence-corrected chi connectivity index (χ3v) is 4.89. The Morgan fingerprint density at radius 3 is 2.63 bits per heavy atom. The SMILES string of the molecule is CC(N)Cc1csc(CC2CCN(C(C)C)CC2)n1. The van der Waals surface area contributed by atoms with Crippen LogP contribution in [0.2, 0.25) is 0 Å². The van der Waals surface area contributed by atoms with E-state index in [2.05, 4.69) is 24.1 Å². The summed E-state index contributed by atoms with van der Waals surface area (Å²) >= 11 is 1.81. The molecule has 1 aliphatic rings. The molecule has 1 aromatic rings. The molecular formula is C15H27N3S. The number of nitrogens with two attached hydrogens (primary N) is 1. The second-order valence-electron chi connectivity index (χ2n) is 6.19. The summed E-state index contributed by atoms with van der Waals surface area (Å²) in [7, 11) is 0. The Kier molecular flexibility index (Phi) is 5.37. The first-order chi connectivity index (χ1) is 9.04. The van der Waals surface area contributed by atoms with Gasteiger partial charge in [0.2, 0.25) is 0 Å². The van der Waals surface area contributed by atoms with Crippen LogP contribution in [0.3, 0.4) is 0 Å². The van der Waals surface area contributed by atoms with Crippen LogP contribution in [0.15, 0.2) is 5.38 Å². The first-order valence-electron chi connectivity index (χ1n) is 7.47. The molecule has 1 aliphatic heterocycles. The monoisotopic (exact) mass is 281 g/mol. The molecule has 3 nitrogen and oxygen atoms in total. The molecule has 1 aromatic heterocycles. The fourth-order valence-electron chi connectivity index (χ4n) is 2.79. The molecule has 19 heavy (non-hydrogen) atoms. The van der Waals surface area contributed by atoms with Gasteiger partial charge in [-0.3, -0.25) is 0 Å². The predicted octanol–water partition coefficient (Wildman–Crippen LogP) is 2.70. The summed E-state index contributed by atoms with van der Waals surface area (Å²) in [6, 6.07) is 0.905. The summed E-state index contributed by atoms with van der Waals surface area (Å²) in [5.41, 5.74) is 7.00. The molecular weight excluding hydrogens is 254 g/mol. The Morgan fingerprint density at radius 1 is 1.37 bits per heavy atom. The van der Waals surface area contributed by atoms with Crippen LogP contribution in [0.4, 0.5) is 0 Å². The van der Waals surface area contributed by atoms with Crippen molar-refractivity contribution in [1.29, 1.82) is 0 Å². The minimum atomic E-state index is 0.212. The maximum Gasteiger partial charge on any atom is 0.0931 e. The highest BCUT2D eigenvalue weighted by atomic mass is 32.1. The van der Waals surface area contributed by atoms with Crippen molar-refractivity contribution in [2.24, 2.45) is 11.7 Å². The second kappa shape index (κ2) is 6.82. The number of hydrogen-bond donors (Lipinski definition) is 1. The fraction of sp³-hybridized carbons (Fsp3) is 0.800. The average Bonchev–Trinajstić information content (AvgIpc) is 2.76. The van der Waals surface area contributed by atoms with Gasteiger partial charge in [0, 0.05) is 30.3 Å². The first-order valence-corrected chi connectivity index (χ1v) is 8.35. The van der Waals surface area contributed by atoms with Gasteiger partial charge in [0.15, 0.2) is 0 Å². The highest BCUT2D eigenvalue weighted by Gasteiger charge is 2.21. The summed E-state index contributed by atoms with van der Waals surface area (Å²) in [4.78, 5) is 7.31. The van der Waals surface area contributed by atoms with Gasteiger partial charge in [0.25, 0.3) is 0 Å². The Hall–Kier alpha value is -0.450. The van der Waals surface area contributed by atoms with E-state index in [1.807, 2.05) is 18.3 Å². The third kappa shape index (κ3) is 4.55. The number of aromatic nitrogens is 1. The van der Waals surface area contributed by atoms with Gasteiger partial charge < -0.3 is 10.6 Å². The maximum absolute atomic E-state index is 5.82. The molecule has 4 heteroatoms. The number of rotatable bonds is 5. The van der Waals surface area contributed by atoms with Crippen LogP contribution in [0.1, 0.15) is 44.3 Å². The van der Waals surface area contributed by atoms with Crippen molar-refractivity contribution in [3.63, 3.8) is 0 Å². The summed E-state index contributed by atoms with van der Waals surface area (Å²) in [5, 5.41) is 3.49. The standard InChI is InChI=1S/C15H27N3S/c1-11(2)18-6-4-13(5-7-18)9-15-17-14(10-19-15)8-12(3)16/h10-13H,4-9,16H2,1-3H3. The van der Waals surface area contributed by atoms with Gasteiger partial charge in [0.1, 0.15) is 0 Å². The Bertz CT molecular complexity index is 378. The second-order valence-corrected chi connectivity index (χ2v) is 7.13. The van der Waals surface area contributed by atoms with Crippen LogP contribution >= 0.6 is 11.3 Å². The quantitative estimate of drug-likeness (QED) is 0.902. The van der Waals surface area contributed by atoms with Crippen molar-refractivity contribution in [1.82, 2.24) is 9.88 Å². The highest BCUT2D eigenvalue weighted by Crippen LogP contribution is 2.24. The van der Waals surface area contributed by atoms with Crippen LogP contribution < -0.4 is 5.73 Å². The van der Waals surface area contributed by atoms with Gasteiger partial charge in [-0.15, -0.1) is 11.3 Å². The maximum atomic E-state index is 5.82. The molecule has 0 aliphatic carbocycles. The van der Waals surface area contributed by atoms with E-state index in [-0.39, 0.29) is 6.04 Å². The number of thiazole rings is 1. The zero-order valence-corrected chi connectivity index (χ0v) is 13.2. The number of likely N-dealkylation sites (tertiary alicyclic amines) is 1. The first kappa shape index (κ1) is 14.9. The molecule has 1 atom stereocenters. The van der Waals surface area contributed by atoms with Gasteiger partial charge >= 0.3 is 0 Å². The van der Waals surface area contributed by atoms with Crippen molar-refractivity contribution in [3.8, 4) is 0 Å². The number of hydrogen-bond acceptors (Lipinski definition) is 4. The van der Waals surface area contributed by atoms with Crippen molar-refractivity contribution in [2.45, 2.75) is 58.5 Å². The molecule has 2 rings (SSSR count). The van der Waals surface area contributed by atoms with Crippen molar-refractivity contribution < 1.29 is 0 Å². The lowest BCUT2D eigenvalue weighted by Gasteiger charge is -2.34. The average molecular weight is 281 g/mol. The smallest absolute Gasteiger partial charge is 0.0931 e. The van der Waals surface area contributed by atoms with Gasteiger partial charge in [-0.25, -0.2) is 4.98 Å². The molecule has 1 fully saturated rings. The molecule has 0 bridgehead atoms. The summed E-state index contributed by atoms with van der Waals surface area (Å²) in [5.74, 6) is 0.823. The van der Waals surface area contributed by atoms with Gasteiger partial charge in [-0.1, -0.05) is 0 Å². The molecule has 2 N–H and O–H groups in total. The van der Waals surface area contributed by atoms with Crippen LogP contribution in [0.25, 0.3) is 0 Å². The van der Waals surface area contributed by atoms with E-state index in [9.17, 15) is 0 Å².